The lowest BCUT2D eigenvalue weighted by atomic mass is 10.1. The molecule has 0 saturated carbocycles. The van der Waals surface area contributed by atoms with Crippen molar-refractivity contribution in [2.75, 3.05) is 0 Å². The minimum atomic E-state index is -0.0717. The number of fused-ring (bicyclic) bond motifs is 1. The second kappa shape index (κ2) is 5.30. The van der Waals surface area contributed by atoms with E-state index in [2.05, 4.69) is 23.9 Å². The van der Waals surface area contributed by atoms with Crippen LogP contribution >= 0.6 is 0 Å². The molecule has 0 amide bonds. The Morgan fingerprint density at radius 3 is 2.62 bits per heavy atom. The first-order valence-electron chi connectivity index (χ1n) is 7.20. The van der Waals surface area contributed by atoms with Gasteiger partial charge in [-0.05, 0) is 37.3 Å². The molecule has 2 aromatic heterocycles. The molecule has 3 rings (SSSR count). The minimum absolute atomic E-state index is 0.0717. The number of aliphatic hydroxyl groups is 1. The van der Waals surface area contributed by atoms with Gasteiger partial charge in [0.25, 0.3) is 0 Å². The van der Waals surface area contributed by atoms with Gasteiger partial charge in [-0.2, -0.15) is 5.10 Å². The molecule has 0 aliphatic carbocycles. The van der Waals surface area contributed by atoms with Crippen molar-refractivity contribution in [1.82, 2.24) is 14.8 Å². The number of aromatic nitrogens is 3. The van der Waals surface area contributed by atoms with Crippen molar-refractivity contribution >= 4 is 10.8 Å². The highest BCUT2D eigenvalue weighted by molar-refractivity contribution is 5.88. The Labute approximate surface area is 124 Å². The quantitative estimate of drug-likeness (QED) is 0.802. The van der Waals surface area contributed by atoms with Crippen LogP contribution in [0.15, 0.2) is 30.3 Å². The Morgan fingerprint density at radius 1 is 1.19 bits per heavy atom. The minimum Gasteiger partial charge on any atom is -0.390 e. The fourth-order valence-electron chi connectivity index (χ4n) is 2.87. The van der Waals surface area contributed by atoms with E-state index in [9.17, 15) is 5.11 Å². The highest BCUT2D eigenvalue weighted by Crippen LogP contribution is 2.24. The Bertz CT molecular complexity index is 805. The average Bonchev–Trinajstić information content (AvgIpc) is 2.80. The molecule has 0 unspecified atom stereocenters. The van der Waals surface area contributed by atoms with Crippen LogP contribution in [-0.2, 0) is 13.0 Å². The van der Waals surface area contributed by atoms with Crippen LogP contribution in [0.25, 0.3) is 16.6 Å². The topological polar surface area (TPSA) is 50.9 Å². The smallest absolute Gasteiger partial charge is 0.161 e. The Balaban J connectivity index is 2.34. The molecule has 1 N–H and O–H groups in total. The van der Waals surface area contributed by atoms with E-state index in [-0.39, 0.29) is 6.61 Å². The van der Waals surface area contributed by atoms with Gasteiger partial charge in [-0.15, -0.1) is 0 Å². The fraction of sp³-hybridized carbons (Fsp3) is 0.294. The van der Waals surface area contributed by atoms with Crippen LogP contribution in [0.3, 0.4) is 0 Å². The molecule has 0 aliphatic heterocycles. The van der Waals surface area contributed by atoms with Crippen molar-refractivity contribution in [3.63, 3.8) is 0 Å². The zero-order valence-corrected chi connectivity index (χ0v) is 12.6. The van der Waals surface area contributed by atoms with Gasteiger partial charge in [0, 0.05) is 11.1 Å². The molecule has 4 heteroatoms. The second-order valence-electron chi connectivity index (χ2n) is 5.23. The molecule has 0 aliphatic rings. The van der Waals surface area contributed by atoms with Gasteiger partial charge < -0.3 is 5.11 Å². The predicted octanol–water partition coefficient (Wildman–Crippen LogP) is 3.09. The summed E-state index contributed by atoms with van der Waals surface area (Å²) in [4.78, 5) is 4.59. The molecular formula is C17H19N3O. The molecule has 0 spiro atoms. The molecular weight excluding hydrogens is 262 g/mol. The SMILES string of the molecule is CCc1c(C)nn(-c2nc(CO)cc3ccccc23)c1C. The van der Waals surface area contributed by atoms with Crippen molar-refractivity contribution in [2.24, 2.45) is 0 Å². The summed E-state index contributed by atoms with van der Waals surface area (Å²) in [6.07, 6.45) is 0.954. The van der Waals surface area contributed by atoms with Crippen molar-refractivity contribution in [2.45, 2.75) is 33.8 Å². The molecule has 0 atom stereocenters. The van der Waals surface area contributed by atoms with Crippen molar-refractivity contribution < 1.29 is 5.11 Å². The van der Waals surface area contributed by atoms with Crippen molar-refractivity contribution in [1.29, 1.82) is 0 Å². The molecule has 2 heterocycles. The van der Waals surface area contributed by atoms with E-state index >= 15 is 0 Å². The summed E-state index contributed by atoms with van der Waals surface area (Å²) < 4.78 is 1.90. The lowest BCUT2D eigenvalue weighted by Crippen LogP contribution is -2.05. The predicted molar refractivity (Wildman–Crippen MR) is 83.6 cm³/mol. The van der Waals surface area contributed by atoms with E-state index in [0.29, 0.717) is 5.69 Å². The number of aliphatic hydroxyl groups excluding tert-OH is 1. The van der Waals surface area contributed by atoms with Crippen molar-refractivity contribution in [3.05, 3.63) is 53.0 Å². The van der Waals surface area contributed by atoms with Gasteiger partial charge in [-0.25, -0.2) is 9.67 Å². The summed E-state index contributed by atoms with van der Waals surface area (Å²) in [5, 5.41) is 16.2. The van der Waals surface area contributed by atoms with Gasteiger partial charge in [0.15, 0.2) is 5.82 Å². The standard InChI is InChI=1S/C17H19N3O/c1-4-15-11(2)19-20(12(15)3)17-16-8-6-5-7-13(16)9-14(10-21)18-17/h5-9,21H,4,10H2,1-3H3. The summed E-state index contributed by atoms with van der Waals surface area (Å²) in [5.74, 6) is 0.789. The highest BCUT2D eigenvalue weighted by atomic mass is 16.3. The van der Waals surface area contributed by atoms with Crippen LogP contribution in [0.2, 0.25) is 0 Å². The molecule has 21 heavy (non-hydrogen) atoms. The maximum atomic E-state index is 9.45. The van der Waals surface area contributed by atoms with E-state index in [1.165, 1.54) is 5.56 Å². The third kappa shape index (κ3) is 2.21. The van der Waals surface area contributed by atoms with E-state index in [1.54, 1.807) is 0 Å². The van der Waals surface area contributed by atoms with Crippen LogP contribution < -0.4 is 0 Å². The largest absolute Gasteiger partial charge is 0.390 e. The average molecular weight is 281 g/mol. The highest BCUT2D eigenvalue weighted by Gasteiger charge is 2.15. The Kier molecular flexibility index (Phi) is 3.47. The van der Waals surface area contributed by atoms with Gasteiger partial charge in [0.05, 0.1) is 18.0 Å². The number of hydrogen-bond acceptors (Lipinski definition) is 3. The molecule has 1 aromatic carbocycles. The van der Waals surface area contributed by atoms with Gasteiger partial charge >= 0.3 is 0 Å². The first-order valence-corrected chi connectivity index (χ1v) is 7.20. The van der Waals surface area contributed by atoms with Crippen LogP contribution in [0.4, 0.5) is 0 Å². The molecule has 0 bridgehead atoms. The van der Waals surface area contributed by atoms with E-state index in [4.69, 9.17) is 0 Å². The third-order valence-electron chi connectivity index (χ3n) is 3.93. The van der Waals surface area contributed by atoms with E-state index in [0.717, 1.165) is 34.4 Å². The van der Waals surface area contributed by atoms with E-state index in [1.807, 2.05) is 41.9 Å². The second-order valence-corrected chi connectivity index (χ2v) is 5.23. The molecule has 3 aromatic rings. The maximum Gasteiger partial charge on any atom is 0.161 e. The van der Waals surface area contributed by atoms with E-state index < -0.39 is 0 Å². The lowest BCUT2D eigenvalue weighted by Gasteiger charge is -2.10. The number of nitrogens with zero attached hydrogens (tertiary/aromatic N) is 3. The van der Waals surface area contributed by atoms with Crippen LogP contribution in [0.1, 0.15) is 29.6 Å². The summed E-state index contributed by atoms with van der Waals surface area (Å²) in [6.45, 7) is 6.16. The van der Waals surface area contributed by atoms with Gasteiger partial charge in [0.2, 0.25) is 0 Å². The molecule has 108 valence electrons. The molecule has 0 radical (unpaired) electrons. The number of hydrogen-bond donors (Lipinski definition) is 1. The first kappa shape index (κ1) is 13.8. The summed E-state index contributed by atoms with van der Waals surface area (Å²) in [5.41, 5.74) is 4.07. The van der Waals surface area contributed by atoms with Crippen LogP contribution in [-0.4, -0.2) is 19.9 Å². The summed E-state index contributed by atoms with van der Waals surface area (Å²) in [7, 11) is 0. The monoisotopic (exact) mass is 281 g/mol. The normalized spacial score (nSPS) is 11.2. The van der Waals surface area contributed by atoms with Crippen LogP contribution in [0.5, 0.6) is 0 Å². The zero-order chi connectivity index (χ0) is 15.0. The maximum absolute atomic E-state index is 9.45. The molecule has 0 saturated heterocycles. The number of pyridine rings is 1. The number of rotatable bonds is 3. The Hall–Kier alpha value is -2.20. The number of benzene rings is 1. The fourth-order valence-corrected chi connectivity index (χ4v) is 2.87. The molecule has 0 fully saturated rings. The molecule has 4 nitrogen and oxygen atoms in total. The summed E-state index contributed by atoms with van der Waals surface area (Å²) in [6, 6.07) is 9.99. The third-order valence-corrected chi connectivity index (χ3v) is 3.93. The van der Waals surface area contributed by atoms with Gasteiger partial charge in [-0.3, -0.25) is 0 Å². The first-order chi connectivity index (χ1) is 10.2. The van der Waals surface area contributed by atoms with Gasteiger partial charge in [0.1, 0.15) is 0 Å². The summed E-state index contributed by atoms with van der Waals surface area (Å²) >= 11 is 0. The number of aryl methyl sites for hydroxylation is 1. The van der Waals surface area contributed by atoms with Gasteiger partial charge in [-0.1, -0.05) is 31.2 Å². The zero-order valence-electron chi connectivity index (χ0n) is 12.6. The van der Waals surface area contributed by atoms with Crippen molar-refractivity contribution in [3.8, 4) is 5.82 Å². The lowest BCUT2D eigenvalue weighted by molar-refractivity contribution is 0.277. The van der Waals surface area contributed by atoms with Crippen LogP contribution in [0, 0.1) is 13.8 Å². The Morgan fingerprint density at radius 2 is 1.95 bits per heavy atom.